The predicted molar refractivity (Wildman–Crippen MR) is 170 cm³/mol. The third-order valence-corrected chi connectivity index (χ3v) is 7.50. The van der Waals surface area contributed by atoms with Gasteiger partial charge in [-0.3, -0.25) is 4.79 Å². The number of aromatic hydroxyl groups is 1. The van der Waals surface area contributed by atoms with Gasteiger partial charge in [0.05, 0.1) is 24.9 Å². The molecule has 0 saturated heterocycles. The summed E-state index contributed by atoms with van der Waals surface area (Å²) in [5.74, 6) is 1.32. The quantitative estimate of drug-likeness (QED) is 0.260. The van der Waals surface area contributed by atoms with Gasteiger partial charge in [-0.25, -0.2) is 4.79 Å². The van der Waals surface area contributed by atoms with E-state index in [0.29, 0.717) is 22.7 Å². The number of methoxy groups -OCH3 is 1. The van der Waals surface area contributed by atoms with Crippen molar-refractivity contribution in [2.75, 3.05) is 31.8 Å². The molecule has 0 radical (unpaired) electrons. The van der Waals surface area contributed by atoms with E-state index in [1.165, 1.54) is 5.56 Å². The molecule has 0 heterocycles. The Balaban J connectivity index is 1.52. The summed E-state index contributed by atoms with van der Waals surface area (Å²) in [6.45, 7) is 9.17. The summed E-state index contributed by atoms with van der Waals surface area (Å²) in [5.41, 5.74) is 3.17. The van der Waals surface area contributed by atoms with Gasteiger partial charge in [-0.1, -0.05) is 12.1 Å². The molecule has 3 N–H and O–H groups in total. The summed E-state index contributed by atoms with van der Waals surface area (Å²) >= 11 is 0. The minimum Gasteiger partial charge on any atom is -0.508 e. The molecule has 2 amide bonds. The maximum Gasteiger partial charge on any atom is 0.408 e. The van der Waals surface area contributed by atoms with Crippen molar-refractivity contribution in [2.45, 2.75) is 70.9 Å². The first-order chi connectivity index (χ1) is 20.8. The molecule has 1 aliphatic carbocycles. The van der Waals surface area contributed by atoms with Gasteiger partial charge in [0.15, 0.2) is 0 Å². The zero-order chi connectivity index (χ0) is 32.1. The Labute approximate surface area is 259 Å². The van der Waals surface area contributed by atoms with Gasteiger partial charge in [-0.2, -0.15) is 0 Å². The Kier molecular flexibility index (Phi) is 10.1. The number of aryl methyl sites for hydroxylation is 1. The first-order valence-electron chi connectivity index (χ1n) is 14.9. The normalized spacial score (nSPS) is 14.8. The molecule has 1 unspecified atom stereocenters. The molecule has 0 fully saturated rings. The highest BCUT2D eigenvalue weighted by Gasteiger charge is 2.28. The van der Waals surface area contributed by atoms with E-state index in [-0.39, 0.29) is 37.3 Å². The molecule has 9 heteroatoms. The van der Waals surface area contributed by atoms with Crippen molar-refractivity contribution in [3.63, 3.8) is 0 Å². The molecule has 0 aromatic heterocycles. The van der Waals surface area contributed by atoms with E-state index in [4.69, 9.17) is 14.2 Å². The molecule has 9 nitrogen and oxygen atoms in total. The van der Waals surface area contributed by atoms with Gasteiger partial charge in [0, 0.05) is 18.2 Å². The van der Waals surface area contributed by atoms with Crippen LogP contribution in [0.2, 0.25) is 0 Å². The predicted octanol–water partition coefficient (Wildman–Crippen LogP) is 5.99. The fourth-order valence-corrected chi connectivity index (χ4v) is 5.40. The van der Waals surface area contributed by atoms with Crippen LogP contribution in [0.25, 0.3) is 0 Å². The number of carbonyl (C=O) groups excluding carboxylic acids is 2. The number of aliphatic hydroxyl groups excluding tert-OH is 1. The van der Waals surface area contributed by atoms with Crippen molar-refractivity contribution in [1.29, 1.82) is 0 Å². The van der Waals surface area contributed by atoms with Crippen molar-refractivity contribution in [2.24, 2.45) is 0 Å². The molecular weight excluding hydrogens is 560 g/mol. The Morgan fingerprint density at radius 1 is 0.955 bits per heavy atom. The molecule has 1 atom stereocenters. The highest BCUT2D eigenvalue weighted by molar-refractivity contribution is 6.06. The van der Waals surface area contributed by atoms with Gasteiger partial charge >= 0.3 is 6.09 Å². The van der Waals surface area contributed by atoms with Gasteiger partial charge < -0.3 is 34.6 Å². The lowest BCUT2D eigenvalue weighted by molar-refractivity contribution is 0.0441. The van der Waals surface area contributed by atoms with Crippen molar-refractivity contribution >= 4 is 17.7 Å². The van der Waals surface area contributed by atoms with Crippen molar-refractivity contribution in [3.05, 3.63) is 82.9 Å². The number of aliphatic hydroxyl groups is 1. The van der Waals surface area contributed by atoms with E-state index >= 15 is 0 Å². The van der Waals surface area contributed by atoms with Gasteiger partial charge in [-0.05, 0) is 119 Å². The molecule has 44 heavy (non-hydrogen) atoms. The van der Waals surface area contributed by atoms with Crippen molar-refractivity contribution < 1.29 is 34.0 Å². The number of nitrogens with zero attached hydrogens (tertiary/aromatic N) is 1. The van der Waals surface area contributed by atoms with E-state index in [1.54, 1.807) is 63.1 Å². The second kappa shape index (κ2) is 13.6. The number of rotatable bonds is 10. The number of anilines is 1. The molecule has 1 aliphatic rings. The lowest BCUT2D eigenvalue weighted by Crippen LogP contribution is -2.49. The van der Waals surface area contributed by atoms with Crippen molar-refractivity contribution in [3.8, 4) is 17.2 Å². The average molecular weight is 605 g/mol. The monoisotopic (exact) mass is 604 g/mol. The van der Waals surface area contributed by atoms with Crippen LogP contribution in [0.15, 0.2) is 60.7 Å². The SMILES string of the molecule is COc1ccc(C2CCc3cc(O)ccc3C2)c(N(CCO)C(=O)c2ccc(OCC(C)(C)NC(=O)OC(C)(C)C)cc2)c1. The summed E-state index contributed by atoms with van der Waals surface area (Å²) in [6, 6.07) is 18.1. The van der Waals surface area contributed by atoms with Crippen LogP contribution in [-0.4, -0.2) is 60.2 Å². The van der Waals surface area contributed by atoms with Crippen LogP contribution in [0.5, 0.6) is 17.2 Å². The number of nitrogens with one attached hydrogen (secondary N) is 1. The van der Waals surface area contributed by atoms with E-state index in [1.807, 2.05) is 44.2 Å². The first kappa shape index (κ1) is 32.7. The molecule has 236 valence electrons. The maximum atomic E-state index is 13.9. The fourth-order valence-electron chi connectivity index (χ4n) is 5.40. The zero-order valence-electron chi connectivity index (χ0n) is 26.5. The van der Waals surface area contributed by atoms with Crippen LogP contribution in [0, 0.1) is 0 Å². The third-order valence-electron chi connectivity index (χ3n) is 7.50. The summed E-state index contributed by atoms with van der Waals surface area (Å²) < 4.78 is 16.8. The number of alkyl carbamates (subject to hydrolysis) is 1. The number of hydrogen-bond acceptors (Lipinski definition) is 7. The second-order valence-electron chi connectivity index (χ2n) is 12.8. The van der Waals surface area contributed by atoms with E-state index in [0.717, 1.165) is 30.4 Å². The smallest absolute Gasteiger partial charge is 0.408 e. The number of phenolic OH excluding ortho intramolecular Hbond substituents is 1. The van der Waals surface area contributed by atoms with Crippen molar-refractivity contribution in [1.82, 2.24) is 5.32 Å². The average Bonchev–Trinajstić information content (AvgIpc) is 2.97. The van der Waals surface area contributed by atoms with Gasteiger partial charge in [0.2, 0.25) is 0 Å². The minimum atomic E-state index is -0.697. The summed E-state index contributed by atoms with van der Waals surface area (Å²) in [4.78, 5) is 27.7. The zero-order valence-corrected chi connectivity index (χ0v) is 26.5. The topological polar surface area (TPSA) is 118 Å². The number of fused-ring (bicyclic) bond motifs is 1. The molecule has 0 spiro atoms. The molecule has 3 aromatic rings. The van der Waals surface area contributed by atoms with Gasteiger partial charge in [0.25, 0.3) is 5.91 Å². The number of ether oxygens (including phenoxy) is 3. The summed E-state index contributed by atoms with van der Waals surface area (Å²) in [6.07, 6.45) is 1.94. The van der Waals surface area contributed by atoms with E-state index in [2.05, 4.69) is 5.32 Å². The lowest BCUT2D eigenvalue weighted by atomic mass is 9.79. The van der Waals surface area contributed by atoms with Crippen LogP contribution < -0.4 is 19.7 Å². The Bertz CT molecular complexity index is 1460. The van der Waals surface area contributed by atoms with Crippen LogP contribution in [0.4, 0.5) is 10.5 Å². The van der Waals surface area contributed by atoms with E-state index < -0.39 is 17.2 Å². The van der Waals surface area contributed by atoms with Crippen LogP contribution in [0.3, 0.4) is 0 Å². The molecule has 0 saturated carbocycles. The molecule has 4 rings (SSSR count). The first-order valence-corrected chi connectivity index (χ1v) is 14.9. The number of amides is 2. The van der Waals surface area contributed by atoms with Crippen LogP contribution in [0.1, 0.15) is 74.0 Å². The molecular formula is C35H44N2O7. The van der Waals surface area contributed by atoms with Crippen LogP contribution >= 0.6 is 0 Å². The Hall–Kier alpha value is -4.24. The maximum absolute atomic E-state index is 13.9. The Morgan fingerprint density at radius 2 is 1.66 bits per heavy atom. The summed E-state index contributed by atoms with van der Waals surface area (Å²) in [7, 11) is 1.59. The largest absolute Gasteiger partial charge is 0.508 e. The standard InChI is InChI=1S/C35H44N2O7/c1-34(2,3)44-33(41)36-35(4,5)22-43-28-13-10-23(11-14-28)32(40)37(17-18-38)31-21-29(42-6)15-16-30(31)26-8-7-25-20-27(39)12-9-24(25)19-26/h9-16,20-21,26,38-39H,7-8,17-19,22H2,1-6H3,(H,36,41). The van der Waals surface area contributed by atoms with E-state index in [9.17, 15) is 19.8 Å². The molecule has 0 aliphatic heterocycles. The Morgan fingerprint density at radius 3 is 2.32 bits per heavy atom. The highest BCUT2D eigenvalue weighted by Crippen LogP contribution is 2.40. The lowest BCUT2D eigenvalue weighted by Gasteiger charge is -2.31. The highest BCUT2D eigenvalue weighted by atomic mass is 16.6. The number of hydrogen-bond donors (Lipinski definition) is 3. The molecule has 3 aromatic carbocycles. The van der Waals surface area contributed by atoms with Gasteiger partial charge in [0.1, 0.15) is 29.5 Å². The second-order valence-corrected chi connectivity index (χ2v) is 12.8. The van der Waals surface area contributed by atoms with Gasteiger partial charge in [-0.15, -0.1) is 0 Å². The number of carbonyl (C=O) groups is 2. The number of benzene rings is 3. The fraction of sp³-hybridized carbons (Fsp3) is 0.429. The molecule has 0 bridgehead atoms. The third kappa shape index (κ3) is 8.44. The minimum absolute atomic E-state index is 0.110. The van der Waals surface area contributed by atoms with Crippen LogP contribution in [-0.2, 0) is 17.6 Å². The number of phenols is 1. The summed E-state index contributed by atoms with van der Waals surface area (Å²) in [5, 5.41) is 22.7.